The van der Waals surface area contributed by atoms with Gasteiger partial charge in [0, 0.05) is 18.9 Å². The summed E-state index contributed by atoms with van der Waals surface area (Å²) in [7, 11) is 0. The molecule has 1 saturated carbocycles. The zero-order chi connectivity index (χ0) is 12.7. The average Bonchev–Trinajstić information content (AvgIpc) is 2.05. The van der Waals surface area contributed by atoms with Gasteiger partial charge in [-0.05, 0) is 40.0 Å². The van der Waals surface area contributed by atoms with E-state index in [9.17, 15) is 4.79 Å². The second kappa shape index (κ2) is 3.94. The SMILES string of the molecule is C#CCC1CN(C(=O)OC(C)(C)C)C12CCC2. The van der Waals surface area contributed by atoms with Gasteiger partial charge in [-0.2, -0.15) is 0 Å². The molecule has 0 N–H and O–H groups in total. The van der Waals surface area contributed by atoms with E-state index in [0.29, 0.717) is 5.92 Å². The second-order valence-electron chi connectivity index (χ2n) is 6.15. The van der Waals surface area contributed by atoms with Crippen molar-refractivity contribution in [2.45, 2.75) is 57.6 Å². The topological polar surface area (TPSA) is 29.5 Å². The van der Waals surface area contributed by atoms with E-state index < -0.39 is 5.60 Å². The Hall–Kier alpha value is -1.17. The lowest BCUT2D eigenvalue weighted by atomic mass is 9.60. The number of nitrogens with zero attached hydrogens (tertiary/aromatic N) is 1. The lowest BCUT2D eigenvalue weighted by Gasteiger charge is -2.63. The number of carbonyl (C=O) groups excluding carboxylic acids is 1. The number of terminal acetylenes is 1. The minimum Gasteiger partial charge on any atom is -0.444 e. The summed E-state index contributed by atoms with van der Waals surface area (Å²) in [5, 5.41) is 0. The van der Waals surface area contributed by atoms with Gasteiger partial charge in [0.25, 0.3) is 0 Å². The third-order valence-corrected chi connectivity index (χ3v) is 3.90. The fraction of sp³-hybridized carbons (Fsp3) is 0.786. The maximum Gasteiger partial charge on any atom is 0.410 e. The molecule has 1 unspecified atom stereocenters. The van der Waals surface area contributed by atoms with Crippen molar-refractivity contribution < 1.29 is 9.53 Å². The fourth-order valence-corrected chi connectivity index (χ4v) is 2.87. The van der Waals surface area contributed by atoms with E-state index >= 15 is 0 Å². The molecule has 1 heterocycles. The van der Waals surface area contributed by atoms with Crippen LogP contribution in [0.15, 0.2) is 0 Å². The van der Waals surface area contributed by atoms with Crippen LogP contribution in [0, 0.1) is 18.3 Å². The van der Waals surface area contributed by atoms with Gasteiger partial charge in [-0.1, -0.05) is 0 Å². The van der Waals surface area contributed by atoms with Crippen LogP contribution in [0.25, 0.3) is 0 Å². The van der Waals surface area contributed by atoms with E-state index in [1.807, 2.05) is 25.7 Å². The first kappa shape index (κ1) is 12.3. The Kier molecular flexibility index (Phi) is 2.85. The van der Waals surface area contributed by atoms with Gasteiger partial charge in [-0.25, -0.2) is 4.79 Å². The smallest absolute Gasteiger partial charge is 0.410 e. The van der Waals surface area contributed by atoms with E-state index in [1.54, 1.807) is 0 Å². The van der Waals surface area contributed by atoms with Crippen LogP contribution in [-0.4, -0.2) is 28.7 Å². The monoisotopic (exact) mass is 235 g/mol. The number of hydrogen-bond donors (Lipinski definition) is 0. The number of amides is 1. The van der Waals surface area contributed by atoms with Gasteiger partial charge < -0.3 is 9.64 Å². The summed E-state index contributed by atoms with van der Waals surface area (Å²) in [6.07, 6.45) is 9.34. The van der Waals surface area contributed by atoms with Crippen molar-refractivity contribution in [1.82, 2.24) is 4.90 Å². The first-order valence-corrected chi connectivity index (χ1v) is 6.33. The first-order chi connectivity index (χ1) is 7.89. The Morgan fingerprint density at radius 2 is 2.18 bits per heavy atom. The van der Waals surface area contributed by atoms with Gasteiger partial charge in [0.1, 0.15) is 5.60 Å². The van der Waals surface area contributed by atoms with Gasteiger partial charge in [0.05, 0.1) is 5.54 Å². The molecule has 1 atom stereocenters. The zero-order valence-electron chi connectivity index (χ0n) is 11.0. The van der Waals surface area contributed by atoms with E-state index in [0.717, 1.165) is 25.8 Å². The molecule has 0 bridgehead atoms. The van der Waals surface area contributed by atoms with Crippen LogP contribution in [0.5, 0.6) is 0 Å². The van der Waals surface area contributed by atoms with E-state index in [2.05, 4.69) is 5.92 Å². The summed E-state index contributed by atoms with van der Waals surface area (Å²) in [6, 6.07) is 0. The number of carbonyl (C=O) groups is 1. The van der Waals surface area contributed by atoms with Crippen LogP contribution in [-0.2, 0) is 4.74 Å². The molecule has 94 valence electrons. The maximum atomic E-state index is 12.1. The van der Waals surface area contributed by atoms with Gasteiger partial charge in [-0.3, -0.25) is 0 Å². The molecule has 1 spiro atoms. The standard InChI is InChI=1S/C14H21NO2/c1-5-7-11-10-15(14(11)8-6-9-14)12(16)17-13(2,3)4/h1,11H,6-10H2,2-4H3. The van der Waals surface area contributed by atoms with Crippen LogP contribution in [0.4, 0.5) is 4.79 Å². The van der Waals surface area contributed by atoms with Crippen molar-refractivity contribution in [2.24, 2.45) is 5.92 Å². The van der Waals surface area contributed by atoms with Gasteiger partial charge in [0.15, 0.2) is 0 Å². The molecule has 0 radical (unpaired) electrons. The fourth-order valence-electron chi connectivity index (χ4n) is 2.87. The predicted molar refractivity (Wildman–Crippen MR) is 66.5 cm³/mol. The lowest BCUT2D eigenvalue weighted by Crippen LogP contribution is -2.72. The Balaban J connectivity index is 2.00. The van der Waals surface area contributed by atoms with E-state index in [1.165, 1.54) is 6.42 Å². The molecule has 1 saturated heterocycles. The maximum absolute atomic E-state index is 12.1. The van der Waals surface area contributed by atoms with Crippen molar-refractivity contribution in [3.63, 3.8) is 0 Å². The summed E-state index contributed by atoms with van der Waals surface area (Å²) in [4.78, 5) is 13.9. The summed E-state index contributed by atoms with van der Waals surface area (Å²) < 4.78 is 5.43. The third kappa shape index (κ3) is 2.01. The Morgan fingerprint density at radius 1 is 1.53 bits per heavy atom. The van der Waals surface area contributed by atoms with Gasteiger partial charge in [0.2, 0.25) is 0 Å². The molecule has 3 nitrogen and oxygen atoms in total. The molecule has 3 heteroatoms. The molecule has 0 aromatic carbocycles. The summed E-state index contributed by atoms with van der Waals surface area (Å²) in [5.41, 5.74) is -0.381. The predicted octanol–water partition coefficient (Wildman–Crippen LogP) is 2.80. The number of hydrogen-bond acceptors (Lipinski definition) is 2. The summed E-state index contributed by atoms with van der Waals surface area (Å²) >= 11 is 0. The molecule has 1 aliphatic carbocycles. The number of ether oxygens (including phenoxy) is 1. The Morgan fingerprint density at radius 3 is 2.59 bits per heavy atom. The van der Waals surface area contributed by atoms with Crippen molar-refractivity contribution in [2.75, 3.05) is 6.54 Å². The Labute approximate surface area is 104 Å². The van der Waals surface area contributed by atoms with Crippen LogP contribution < -0.4 is 0 Å². The summed E-state index contributed by atoms with van der Waals surface area (Å²) in [6.45, 7) is 6.46. The first-order valence-electron chi connectivity index (χ1n) is 6.33. The number of likely N-dealkylation sites (tertiary alicyclic amines) is 1. The van der Waals surface area contributed by atoms with Crippen molar-refractivity contribution in [1.29, 1.82) is 0 Å². The van der Waals surface area contributed by atoms with Crippen molar-refractivity contribution in [3.8, 4) is 12.3 Å². The molecule has 1 amide bonds. The van der Waals surface area contributed by atoms with Crippen molar-refractivity contribution in [3.05, 3.63) is 0 Å². The average molecular weight is 235 g/mol. The molecule has 17 heavy (non-hydrogen) atoms. The van der Waals surface area contributed by atoms with Crippen LogP contribution in [0.3, 0.4) is 0 Å². The zero-order valence-corrected chi connectivity index (χ0v) is 11.0. The molecular weight excluding hydrogens is 214 g/mol. The molecular formula is C14H21NO2. The van der Waals surface area contributed by atoms with E-state index in [-0.39, 0.29) is 11.6 Å². The molecule has 1 aliphatic heterocycles. The minimum absolute atomic E-state index is 0.0364. The molecule has 0 aromatic heterocycles. The van der Waals surface area contributed by atoms with Crippen molar-refractivity contribution >= 4 is 6.09 Å². The summed E-state index contributed by atoms with van der Waals surface area (Å²) in [5.74, 6) is 3.20. The highest BCUT2D eigenvalue weighted by atomic mass is 16.6. The largest absolute Gasteiger partial charge is 0.444 e. The van der Waals surface area contributed by atoms with Crippen LogP contribution >= 0.6 is 0 Å². The highest BCUT2D eigenvalue weighted by Gasteiger charge is 2.59. The van der Waals surface area contributed by atoms with Gasteiger partial charge >= 0.3 is 6.09 Å². The molecule has 2 rings (SSSR count). The third-order valence-electron chi connectivity index (χ3n) is 3.90. The second-order valence-corrected chi connectivity index (χ2v) is 6.15. The van der Waals surface area contributed by atoms with Crippen LogP contribution in [0.1, 0.15) is 46.5 Å². The number of rotatable bonds is 1. The van der Waals surface area contributed by atoms with E-state index in [4.69, 9.17) is 11.2 Å². The normalized spacial score (nSPS) is 25.8. The van der Waals surface area contributed by atoms with Crippen LogP contribution in [0.2, 0.25) is 0 Å². The van der Waals surface area contributed by atoms with Gasteiger partial charge in [-0.15, -0.1) is 12.3 Å². The Bertz CT molecular complexity index is 357. The lowest BCUT2D eigenvalue weighted by molar-refractivity contribution is -0.124. The highest BCUT2D eigenvalue weighted by molar-refractivity contribution is 5.71. The minimum atomic E-state index is -0.417. The quantitative estimate of drug-likeness (QED) is 0.654. The highest BCUT2D eigenvalue weighted by Crippen LogP contribution is 2.52. The molecule has 2 fully saturated rings. The molecule has 2 aliphatic rings. The molecule has 0 aromatic rings.